The highest BCUT2D eigenvalue weighted by Crippen LogP contribution is 2.18. The van der Waals surface area contributed by atoms with E-state index in [0.29, 0.717) is 23.7 Å². The van der Waals surface area contributed by atoms with Crippen LogP contribution in [0.3, 0.4) is 0 Å². The zero-order valence-electron chi connectivity index (χ0n) is 8.31. The standard InChI is InChI=1S/C10H12ClFN2O/c1-13-10(15)4-5-14-9-3-2-7(11)6-8(9)12/h2-3,6,14H,4-5H2,1H3,(H,13,15). The van der Waals surface area contributed by atoms with E-state index in [1.807, 2.05) is 0 Å². The van der Waals surface area contributed by atoms with E-state index in [4.69, 9.17) is 11.6 Å². The van der Waals surface area contributed by atoms with Gasteiger partial charge in [-0.15, -0.1) is 0 Å². The summed E-state index contributed by atoms with van der Waals surface area (Å²) in [6, 6.07) is 4.36. The largest absolute Gasteiger partial charge is 0.382 e. The fraction of sp³-hybridized carbons (Fsp3) is 0.300. The molecule has 0 aromatic heterocycles. The molecular weight excluding hydrogens is 219 g/mol. The van der Waals surface area contributed by atoms with Crippen LogP contribution in [0.4, 0.5) is 10.1 Å². The molecule has 1 aromatic carbocycles. The summed E-state index contributed by atoms with van der Waals surface area (Å²) in [6.07, 6.45) is 0.304. The number of nitrogens with one attached hydrogen (secondary N) is 2. The summed E-state index contributed by atoms with van der Waals surface area (Å²) in [6.45, 7) is 0.387. The van der Waals surface area contributed by atoms with Crippen molar-refractivity contribution in [3.63, 3.8) is 0 Å². The number of amides is 1. The Hall–Kier alpha value is -1.29. The highest BCUT2D eigenvalue weighted by atomic mass is 35.5. The van der Waals surface area contributed by atoms with Crippen molar-refractivity contribution >= 4 is 23.2 Å². The van der Waals surface area contributed by atoms with Crippen LogP contribution < -0.4 is 10.6 Å². The number of carbonyl (C=O) groups excluding carboxylic acids is 1. The van der Waals surface area contributed by atoms with Gasteiger partial charge in [-0.3, -0.25) is 4.79 Å². The van der Waals surface area contributed by atoms with Crippen molar-refractivity contribution in [1.29, 1.82) is 0 Å². The lowest BCUT2D eigenvalue weighted by Crippen LogP contribution is -2.20. The Morgan fingerprint density at radius 2 is 2.27 bits per heavy atom. The van der Waals surface area contributed by atoms with Crippen LogP contribution in [0.1, 0.15) is 6.42 Å². The molecular formula is C10H12ClFN2O. The van der Waals surface area contributed by atoms with Gasteiger partial charge in [0.25, 0.3) is 0 Å². The SMILES string of the molecule is CNC(=O)CCNc1ccc(Cl)cc1F. The number of hydrogen-bond donors (Lipinski definition) is 2. The molecule has 82 valence electrons. The second-order valence-corrected chi connectivity index (χ2v) is 3.41. The average Bonchev–Trinajstić information content (AvgIpc) is 2.21. The third-order valence-electron chi connectivity index (χ3n) is 1.88. The van der Waals surface area contributed by atoms with Crippen molar-refractivity contribution in [2.75, 3.05) is 18.9 Å². The van der Waals surface area contributed by atoms with E-state index in [1.54, 1.807) is 19.2 Å². The van der Waals surface area contributed by atoms with Gasteiger partial charge in [-0.1, -0.05) is 11.6 Å². The smallest absolute Gasteiger partial charge is 0.221 e. The summed E-state index contributed by atoms with van der Waals surface area (Å²) < 4.78 is 13.2. The van der Waals surface area contributed by atoms with Crippen LogP contribution in [0.25, 0.3) is 0 Å². The Kier molecular flexibility index (Phi) is 4.37. The Morgan fingerprint density at radius 1 is 1.53 bits per heavy atom. The Bertz CT molecular complexity index is 357. The minimum atomic E-state index is -0.417. The fourth-order valence-corrected chi connectivity index (χ4v) is 1.23. The normalized spacial score (nSPS) is 9.80. The maximum atomic E-state index is 13.2. The molecule has 3 nitrogen and oxygen atoms in total. The van der Waals surface area contributed by atoms with Crippen LogP contribution in [0.15, 0.2) is 18.2 Å². The van der Waals surface area contributed by atoms with Gasteiger partial charge < -0.3 is 10.6 Å². The van der Waals surface area contributed by atoms with Crippen molar-refractivity contribution in [3.05, 3.63) is 29.0 Å². The van der Waals surface area contributed by atoms with E-state index < -0.39 is 5.82 Å². The van der Waals surface area contributed by atoms with Crippen LogP contribution in [-0.4, -0.2) is 19.5 Å². The van der Waals surface area contributed by atoms with Crippen LogP contribution in [0.2, 0.25) is 5.02 Å². The number of benzene rings is 1. The molecule has 1 aromatic rings. The molecule has 1 amide bonds. The monoisotopic (exact) mass is 230 g/mol. The molecule has 0 fully saturated rings. The first-order valence-corrected chi connectivity index (χ1v) is 4.91. The first-order chi connectivity index (χ1) is 7.13. The first-order valence-electron chi connectivity index (χ1n) is 4.53. The van der Waals surface area contributed by atoms with E-state index >= 15 is 0 Å². The lowest BCUT2D eigenvalue weighted by atomic mass is 10.3. The molecule has 0 bridgehead atoms. The van der Waals surface area contributed by atoms with Gasteiger partial charge in [0.2, 0.25) is 5.91 Å². The molecule has 0 atom stereocenters. The van der Waals surface area contributed by atoms with Crippen LogP contribution >= 0.6 is 11.6 Å². The quantitative estimate of drug-likeness (QED) is 0.831. The minimum absolute atomic E-state index is 0.0862. The van der Waals surface area contributed by atoms with Crippen LogP contribution in [-0.2, 0) is 4.79 Å². The molecule has 0 radical (unpaired) electrons. The number of hydrogen-bond acceptors (Lipinski definition) is 2. The lowest BCUT2D eigenvalue weighted by Gasteiger charge is -2.06. The Labute approximate surface area is 92.6 Å². The first kappa shape index (κ1) is 11.8. The predicted molar refractivity (Wildman–Crippen MR) is 58.6 cm³/mol. The fourth-order valence-electron chi connectivity index (χ4n) is 1.07. The van der Waals surface area contributed by atoms with Gasteiger partial charge >= 0.3 is 0 Å². The molecule has 5 heteroatoms. The zero-order chi connectivity index (χ0) is 11.3. The molecule has 0 aliphatic carbocycles. The average molecular weight is 231 g/mol. The number of rotatable bonds is 4. The van der Waals surface area contributed by atoms with Crippen molar-refractivity contribution in [1.82, 2.24) is 5.32 Å². The van der Waals surface area contributed by atoms with E-state index in [9.17, 15) is 9.18 Å². The van der Waals surface area contributed by atoms with Gasteiger partial charge in [0.15, 0.2) is 0 Å². The second kappa shape index (κ2) is 5.56. The molecule has 0 spiro atoms. The molecule has 1 rings (SSSR count). The van der Waals surface area contributed by atoms with Gasteiger partial charge in [-0.2, -0.15) is 0 Å². The summed E-state index contributed by atoms with van der Waals surface area (Å²) in [5.41, 5.74) is 0.350. The molecule has 15 heavy (non-hydrogen) atoms. The lowest BCUT2D eigenvalue weighted by molar-refractivity contribution is -0.120. The summed E-state index contributed by atoms with van der Waals surface area (Å²) in [5.74, 6) is -0.503. The van der Waals surface area contributed by atoms with Crippen molar-refractivity contribution in [3.8, 4) is 0 Å². The maximum absolute atomic E-state index is 13.2. The molecule has 0 aliphatic rings. The van der Waals surface area contributed by atoms with Crippen LogP contribution in [0.5, 0.6) is 0 Å². The Balaban J connectivity index is 2.47. The Morgan fingerprint density at radius 3 is 2.87 bits per heavy atom. The predicted octanol–water partition coefficient (Wildman–Crippen LogP) is 2.03. The van der Waals surface area contributed by atoms with E-state index in [1.165, 1.54) is 6.07 Å². The van der Waals surface area contributed by atoms with E-state index in [0.717, 1.165) is 0 Å². The van der Waals surface area contributed by atoms with Crippen molar-refractivity contribution in [2.45, 2.75) is 6.42 Å². The topological polar surface area (TPSA) is 41.1 Å². The second-order valence-electron chi connectivity index (χ2n) is 2.97. The molecule has 0 saturated carbocycles. The molecule has 0 saturated heterocycles. The van der Waals surface area contributed by atoms with E-state index in [-0.39, 0.29) is 5.91 Å². The molecule has 0 heterocycles. The van der Waals surface area contributed by atoms with Crippen molar-refractivity contribution in [2.24, 2.45) is 0 Å². The van der Waals surface area contributed by atoms with E-state index in [2.05, 4.69) is 10.6 Å². The summed E-state index contributed by atoms with van der Waals surface area (Å²) in [7, 11) is 1.56. The highest BCUT2D eigenvalue weighted by molar-refractivity contribution is 6.30. The maximum Gasteiger partial charge on any atom is 0.221 e. The van der Waals surface area contributed by atoms with Gasteiger partial charge in [0.1, 0.15) is 5.82 Å². The number of carbonyl (C=O) groups is 1. The van der Waals surface area contributed by atoms with Gasteiger partial charge in [-0.25, -0.2) is 4.39 Å². The number of anilines is 1. The molecule has 0 aliphatic heterocycles. The third kappa shape index (κ3) is 3.75. The zero-order valence-corrected chi connectivity index (χ0v) is 9.07. The highest BCUT2D eigenvalue weighted by Gasteiger charge is 2.03. The third-order valence-corrected chi connectivity index (χ3v) is 2.11. The number of halogens is 2. The summed E-state index contributed by atoms with van der Waals surface area (Å²) in [5, 5.41) is 5.64. The minimum Gasteiger partial charge on any atom is -0.382 e. The molecule has 2 N–H and O–H groups in total. The van der Waals surface area contributed by atoms with Gasteiger partial charge in [0.05, 0.1) is 5.69 Å². The molecule has 0 unspecified atom stereocenters. The van der Waals surface area contributed by atoms with Gasteiger partial charge in [-0.05, 0) is 18.2 Å². The summed E-state index contributed by atoms with van der Waals surface area (Å²) >= 11 is 5.59. The van der Waals surface area contributed by atoms with Crippen molar-refractivity contribution < 1.29 is 9.18 Å². The van der Waals surface area contributed by atoms with Crippen LogP contribution in [0, 0.1) is 5.82 Å². The summed E-state index contributed by atoms with van der Waals surface area (Å²) in [4.78, 5) is 10.9. The van der Waals surface area contributed by atoms with Gasteiger partial charge in [0, 0.05) is 25.0 Å².